The van der Waals surface area contributed by atoms with Crippen LogP contribution in [0.1, 0.15) is 59.8 Å². The number of nitrogens with one attached hydrogen (secondary N) is 3. The molecule has 0 radical (unpaired) electrons. The molecule has 0 fully saturated rings. The largest absolute Gasteiger partial charge is 0.481 e. The smallest absolute Gasteiger partial charge is 0.326 e. The highest BCUT2D eigenvalue weighted by molar-refractivity contribution is 5.94. The monoisotopic (exact) mass is 487 g/mol. The molecule has 4 atom stereocenters. The van der Waals surface area contributed by atoms with E-state index >= 15 is 0 Å². The van der Waals surface area contributed by atoms with Gasteiger partial charge in [-0.15, -0.1) is 0 Å². The van der Waals surface area contributed by atoms with E-state index in [-0.39, 0.29) is 25.2 Å². The van der Waals surface area contributed by atoms with Gasteiger partial charge < -0.3 is 37.6 Å². The lowest BCUT2D eigenvalue weighted by Gasteiger charge is -2.27. The summed E-state index contributed by atoms with van der Waals surface area (Å²) in [6, 6.07) is -4.79. The number of carbonyl (C=O) groups is 6. The Kier molecular flexibility index (Phi) is 13.4. The number of hydrogen-bond acceptors (Lipinski definition) is 7. The van der Waals surface area contributed by atoms with E-state index in [4.69, 9.17) is 16.6 Å². The summed E-state index contributed by atoms with van der Waals surface area (Å²) in [4.78, 5) is 71.3. The average Bonchev–Trinajstić information content (AvgIpc) is 2.70. The number of rotatable bonds is 16. The van der Waals surface area contributed by atoms with Crippen LogP contribution in [0.15, 0.2) is 0 Å². The summed E-state index contributed by atoms with van der Waals surface area (Å²) in [5.41, 5.74) is 10.9. The van der Waals surface area contributed by atoms with Gasteiger partial charge in [0.05, 0.1) is 6.04 Å². The summed E-state index contributed by atoms with van der Waals surface area (Å²) in [6.45, 7) is 6.93. The number of hydrogen-bond donors (Lipinski definition) is 7. The second-order valence-electron chi connectivity index (χ2n) is 8.86. The van der Waals surface area contributed by atoms with Crippen molar-refractivity contribution in [1.82, 2.24) is 16.0 Å². The van der Waals surface area contributed by atoms with Crippen molar-refractivity contribution in [2.75, 3.05) is 0 Å². The summed E-state index contributed by atoms with van der Waals surface area (Å²) in [6.07, 6.45) is -0.831. The minimum Gasteiger partial charge on any atom is -0.481 e. The first kappa shape index (κ1) is 30.8. The average molecular weight is 488 g/mol. The van der Waals surface area contributed by atoms with Gasteiger partial charge in [0.2, 0.25) is 23.6 Å². The molecule has 13 nitrogen and oxygen atoms in total. The van der Waals surface area contributed by atoms with Gasteiger partial charge in [0, 0.05) is 12.8 Å². The number of primary amides is 1. The van der Waals surface area contributed by atoms with E-state index in [1.807, 2.05) is 13.8 Å². The van der Waals surface area contributed by atoms with E-state index < -0.39 is 72.1 Å². The molecule has 4 amide bonds. The van der Waals surface area contributed by atoms with Crippen molar-refractivity contribution in [3.8, 4) is 0 Å². The molecular formula is C21H37N5O8. The summed E-state index contributed by atoms with van der Waals surface area (Å²) < 4.78 is 0. The zero-order chi connectivity index (χ0) is 26.6. The molecule has 0 spiro atoms. The van der Waals surface area contributed by atoms with Crippen LogP contribution < -0.4 is 27.4 Å². The van der Waals surface area contributed by atoms with Gasteiger partial charge in [-0.05, 0) is 31.1 Å². The quantitative estimate of drug-likeness (QED) is 0.137. The molecule has 0 aromatic heterocycles. The Bertz CT molecular complexity index is 755. The predicted octanol–water partition coefficient (Wildman–Crippen LogP) is -1.31. The van der Waals surface area contributed by atoms with Crippen molar-refractivity contribution >= 4 is 35.6 Å². The maximum absolute atomic E-state index is 12.9. The fraction of sp³-hybridized carbons (Fsp3) is 0.714. The molecule has 34 heavy (non-hydrogen) atoms. The minimum absolute atomic E-state index is 0.109. The van der Waals surface area contributed by atoms with Gasteiger partial charge in [0.15, 0.2) is 0 Å². The van der Waals surface area contributed by atoms with Gasteiger partial charge in [-0.25, -0.2) is 4.79 Å². The molecule has 0 bridgehead atoms. The maximum atomic E-state index is 12.9. The Morgan fingerprint density at radius 1 is 0.765 bits per heavy atom. The van der Waals surface area contributed by atoms with Crippen molar-refractivity contribution in [2.24, 2.45) is 23.3 Å². The van der Waals surface area contributed by atoms with Gasteiger partial charge in [-0.2, -0.15) is 0 Å². The Morgan fingerprint density at radius 2 is 1.29 bits per heavy atom. The number of carboxylic acids is 2. The zero-order valence-corrected chi connectivity index (χ0v) is 20.0. The van der Waals surface area contributed by atoms with E-state index in [1.165, 1.54) is 0 Å². The number of amides is 4. The standard InChI is InChI=1S/C21H37N5O8/c1-10(2)9-12(22)18(30)24-13(6-8-16(28)29)19(31)26-17(11(3)4)20(32)25-14(21(33)34)5-7-15(23)27/h10-14,17H,5-9,22H2,1-4H3,(H2,23,27)(H,24,30)(H,25,32)(H,26,31)(H,28,29)(H,33,34). The van der Waals surface area contributed by atoms with Gasteiger partial charge in [0.25, 0.3) is 0 Å². The first-order chi connectivity index (χ1) is 15.6. The fourth-order valence-corrected chi connectivity index (χ4v) is 3.02. The summed E-state index contributed by atoms with van der Waals surface area (Å²) >= 11 is 0. The molecule has 4 unspecified atom stereocenters. The normalized spacial score (nSPS) is 14.6. The fourth-order valence-electron chi connectivity index (χ4n) is 3.02. The number of carbonyl (C=O) groups excluding carboxylic acids is 4. The van der Waals surface area contributed by atoms with Crippen LogP contribution in [0.3, 0.4) is 0 Å². The molecule has 0 saturated carbocycles. The Hall–Kier alpha value is -3.22. The molecule has 0 rings (SSSR count). The van der Waals surface area contributed by atoms with E-state index in [9.17, 15) is 33.9 Å². The second-order valence-corrected chi connectivity index (χ2v) is 8.86. The van der Waals surface area contributed by atoms with Crippen molar-refractivity contribution in [2.45, 2.75) is 84.0 Å². The Balaban J connectivity index is 5.48. The van der Waals surface area contributed by atoms with Crippen LogP contribution in [0.2, 0.25) is 0 Å². The molecule has 0 saturated heterocycles. The third-order valence-corrected chi connectivity index (χ3v) is 4.88. The van der Waals surface area contributed by atoms with E-state index in [2.05, 4.69) is 16.0 Å². The second kappa shape index (κ2) is 14.8. The lowest BCUT2D eigenvalue weighted by Crippen LogP contribution is -2.58. The van der Waals surface area contributed by atoms with E-state index in [1.54, 1.807) is 13.8 Å². The highest BCUT2D eigenvalue weighted by Crippen LogP contribution is 2.08. The molecule has 0 heterocycles. The van der Waals surface area contributed by atoms with Crippen molar-refractivity contribution in [3.05, 3.63) is 0 Å². The summed E-state index contributed by atoms with van der Waals surface area (Å²) in [5, 5.41) is 25.4. The first-order valence-electron chi connectivity index (χ1n) is 11.0. The summed E-state index contributed by atoms with van der Waals surface area (Å²) in [5.74, 6) is -5.95. The molecule has 9 N–H and O–H groups in total. The van der Waals surface area contributed by atoms with Crippen LogP contribution in [0.4, 0.5) is 0 Å². The lowest BCUT2D eigenvalue weighted by molar-refractivity contribution is -0.143. The van der Waals surface area contributed by atoms with Gasteiger partial charge in [-0.3, -0.25) is 24.0 Å². The number of nitrogens with two attached hydrogens (primary N) is 2. The molecule has 0 aromatic carbocycles. The van der Waals surface area contributed by atoms with Crippen LogP contribution in [0.25, 0.3) is 0 Å². The van der Waals surface area contributed by atoms with Gasteiger partial charge in [0.1, 0.15) is 18.1 Å². The van der Waals surface area contributed by atoms with Crippen LogP contribution in [-0.4, -0.2) is 69.9 Å². The number of aliphatic carboxylic acids is 2. The first-order valence-corrected chi connectivity index (χ1v) is 11.0. The SMILES string of the molecule is CC(C)CC(N)C(=O)NC(CCC(=O)O)C(=O)NC(C(=O)NC(CCC(N)=O)C(=O)O)C(C)C. The van der Waals surface area contributed by atoms with Crippen LogP contribution >= 0.6 is 0 Å². The summed E-state index contributed by atoms with van der Waals surface area (Å²) in [7, 11) is 0. The Labute approximate surface area is 198 Å². The lowest BCUT2D eigenvalue weighted by atomic mass is 10.0. The third kappa shape index (κ3) is 12.1. The molecule has 0 aliphatic carbocycles. The van der Waals surface area contributed by atoms with Crippen molar-refractivity contribution in [1.29, 1.82) is 0 Å². The minimum atomic E-state index is -1.41. The molecule has 0 aromatic rings. The van der Waals surface area contributed by atoms with Crippen molar-refractivity contribution < 1.29 is 39.0 Å². The zero-order valence-electron chi connectivity index (χ0n) is 20.0. The number of carboxylic acid groups (broad SMARTS) is 2. The Morgan fingerprint density at radius 3 is 1.74 bits per heavy atom. The predicted molar refractivity (Wildman–Crippen MR) is 121 cm³/mol. The van der Waals surface area contributed by atoms with Gasteiger partial charge >= 0.3 is 11.9 Å². The molecule has 0 aliphatic rings. The van der Waals surface area contributed by atoms with Crippen LogP contribution in [-0.2, 0) is 28.8 Å². The third-order valence-electron chi connectivity index (χ3n) is 4.88. The van der Waals surface area contributed by atoms with Crippen LogP contribution in [0, 0.1) is 11.8 Å². The molecule has 0 aliphatic heterocycles. The van der Waals surface area contributed by atoms with E-state index in [0.29, 0.717) is 6.42 Å². The topological polar surface area (TPSA) is 231 Å². The maximum Gasteiger partial charge on any atom is 0.326 e. The molecule has 13 heteroatoms. The molecular weight excluding hydrogens is 450 g/mol. The highest BCUT2D eigenvalue weighted by Gasteiger charge is 2.32. The van der Waals surface area contributed by atoms with Gasteiger partial charge in [-0.1, -0.05) is 27.7 Å². The molecule has 194 valence electrons. The van der Waals surface area contributed by atoms with Crippen LogP contribution in [0.5, 0.6) is 0 Å². The highest BCUT2D eigenvalue weighted by atomic mass is 16.4. The van der Waals surface area contributed by atoms with E-state index in [0.717, 1.165) is 0 Å². The van der Waals surface area contributed by atoms with Crippen molar-refractivity contribution in [3.63, 3.8) is 0 Å².